The predicted octanol–water partition coefficient (Wildman–Crippen LogP) is 1.56. The van der Waals surface area contributed by atoms with Crippen molar-refractivity contribution in [1.82, 2.24) is 9.62 Å². The summed E-state index contributed by atoms with van der Waals surface area (Å²) < 4.78 is 44.9. The lowest BCUT2D eigenvalue weighted by molar-refractivity contribution is 0.161. The summed E-state index contributed by atoms with van der Waals surface area (Å²) in [4.78, 5) is 0. The molecule has 1 fully saturated rings. The average Bonchev–Trinajstić information content (AvgIpc) is 2.47. The van der Waals surface area contributed by atoms with E-state index in [2.05, 4.69) is 5.32 Å². The van der Waals surface area contributed by atoms with Crippen molar-refractivity contribution in [3.63, 3.8) is 0 Å². The molecule has 0 saturated carbocycles. The molecule has 1 saturated heterocycles. The van der Waals surface area contributed by atoms with E-state index in [-0.39, 0.29) is 36.6 Å². The van der Waals surface area contributed by atoms with Gasteiger partial charge in [0, 0.05) is 26.2 Å². The zero-order chi connectivity index (χ0) is 15.3. The first-order chi connectivity index (χ1) is 10.0. The van der Waals surface area contributed by atoms with E-state index >= 15 is 0 Å². The summed E-state index contributed by atoms with van der Waals surface area (Å²) in [6.07, 6.45) is 0. The van der Waals surface area contributed by atoms with E-state index < -0.39 is 10.0 Å². The molecule has 1 aromatic rings. The highest BCUT2D eigenvalue weighted by Crippen LogP contribution is 2.25. The molecule has 0 amide bonds. The van der Waals surface area contributed by atoms with E-state index in [1.54, 1.807) is 12.1 Å². The first-order valence-corrected chi connectivity index (χ1v) is 8.69. The largest absolute Gasteiger partial charge is 0.381 e. The topological polar surface area (TPSA) is 58.6 Å². The highest BCUT2D eigenvalue weighted by Gasteiger charge is 2.33. The van der Waals surface area contributed by atoms with Crippen molar-refractivity contribution < 1.29 is 17.5 Å². The molecule has 126 valence electrons. The van der Waals surface area contributed by atoms with E-state index in [1.165, 1.54) is 16.4 Å². The second-order valence-electron chi connectivity index (χ2n) is 4.90. The summed E-state index contributed by atoms with van der Waals surface area (Å²) in [5, 5.41) is 3.16. The summed E-state index contributed by atoms with van der Waals surface area (Å²) in [7, 11) is -3.42. The third-order valence-corrected chi connectivity index (χ3v) is 5.31. The van der Waals surface area contributed by atoms with Gasteiger partial charge in [-0.15, -0.1) is 12.4 Å². The van der Waals surface area contributed by atoms with Gasteiger partial charge in [-0.25, -0.2) is 12.8 Å². The van der Waals surface area contributed by atoms with E-state index in [0.29, 0.717) is 31.8 Å². The van der Waals surface area contributed by atoms with Crippen LogP contribution in [0.15, 0.2) is 24.3 Å². The highest BCUT2D eigenvalue weighted by atomic mass is 35.5. The predicted molar refractivity (Wildman–Crippen MR) is 86.2 cm³/mol. The van der Waals surface area contributed by atoms with Crippen LogP contribution in [0.2, 0.25) is 0 Å². The Labute approximate surface area is 137 Å². The van der Waals surface area contributed by atoms with Gasteiger partial charge in [0.25, 0.3) is 0 Å². The minimum Gasteiger partial charge on any atom is -0.381 e. The average molecular weight is 353 g/mol. The number of piperazine rings is 1. The Kier molecular flexibility index (Phi) is 7.71. The van der Waals surface area contributed by atoms with Crippen LogP contribution in [-0.4, -0.2) is 51.3 Å². The van der Waals surface area contributed by atoms with Crippen molar-refractivity contribution >= 4 is 22.4 Å². The number of hydrogen-bond donors (Lipinski definition) is 1. The lowest BCUT2D eigenvalue weighted by atomic mass is 10.1. The van der Waals surface area contributed by atoms with E-state index in [9.17, 15) is 12.8 Å². The zero-order valence-corrected chi connectivity index (χ0v) is 14.1. The first-order valence-electron chi connectivity index (χ1n) is 7.08. The normalized spacial score (nSPS) is 19.6. The van der Waals surface area contributed by atoms with Crippen LogP contribution in [0.3, 0.4) is 0 Å². The number of ether oxygens (including phenoxy) is 1. The smallest absolute Gasteiger partial charge is 0.217 e. The van der Waals surface area contributed by atoms with Crippen molar-refractivity contribution in [2.45, 2.75) is 13.0 Å². The number of hydrogen-bond acceptors (Lipinski definition) is 4. The number of nitrogens with zero attached hydrogens (tertiary/aromatic N) is 1. The fourth-order valence-corrected chi connectivity index (χ4v) is 3.96. The molecule has 0 aromatic heterocycles. The van der Waals surface area contributed by atoms with Crippen LogP contribution in [0.25, 0.3) is 0 Å². The van der Waals surface area contributed by atoms with Gasteiger partial charge >= 0.3 is 0 Å². The number of benzene rings is 1. The lowest BCUT2D eigenvalue weighted by Crippen LogP contribution is -2.49. The molecule has 1 unspecified atom stereocenters. The number of nitrogens with one attached hydrogen (secondary N) is 1. The standard InChI is InChI=1S/C14H21FN2O3S.ClH/c1-2-20-8-9-21(18,19)17-7-6-16-11-14(17)12-4-3-5-13(15)10-12;/h3-5,10,14,16H,2,6-9,11H2,1H3;1H. The Morgan fingerprint density at radius 1 is 1.45 bits per heavy atom. The van der Waals surface area contributed by atoms with Crippen molar-refractivity contribution in [1.29, 1.82) is 0 Å². The molecule has 0 spiro atoms. The zero-order valence-electron chi connectivity index (χ0n) is 12.5. The molecule has 0 aliphatic carbocycles. The summed E-state index contributed by atoms with van der Waals surface area (Å²) in [5.74, 6) is -0.406. The second-order valence-corrected chi connectivity index (χ2v) is 6.94. The van der Waals surface area contributed by atoms with Gasteiger partial charge in [-0.2, -0.15) is 4.31 Å². The van der Waals surface area contributed by atoms with Crippen molar-refractivity contribution in [3.05, 3.63) is 35.6 Å². The van der Waals surface area contributed by atoms with Crippen LogP contribution in [0.5, 0.6) is 0 Å². The summed E-state index contributed by atoms with van der Waals surface area (Å²) in [5.41, 5.74) is 0.669. The van der Waals surface area contributed by atoms with Crippen LogP contribution in [-0.2, 0) is 14.8 Å². The monoisotopic (exact) mass is 352 g/mol. The number of halogens is 2. The maximum absolute atomic E-state index is 13.4. The quantitative estimate of drug-likeness (QED) is 0.789. The molecule has 1 atom stereocenters. The van der Waals surface area contributed by atoms with Crippen LogP contribution < -0.4 is 5.32 Å². The molecule has 22 heavy (non-hydrogen) atoms. The molecule has 1 heterocycles. The van der Waals surface area contributed by atoms with Gasteiger partial charge in [-0.05, 0) is 24.6 Å². The van der Waals surface area contributed by atoms with E-state index in [1.807, 2.05) is 6.92 Å². The van der Waals surface area contributed by atoms with Crippen LogP contribution in [0, 0.1) is 5.82 Å². The fourth-order valence-electron chi connectivity index (χ4n) is 2.44. The minimum absolute atomic E-state index is 0. The summed E-state index contributed by atoms with van der Waals surface area (Å²) in [6.45, 7) is 3.96. The third kappa shape index (κ3) is 4.89. The summed E-state index contributed by atoms with van der Waals surface area (Å²) >= 11 is 0. The Balaban J connectivity index is 0.00000242. The number of sulfonamides is 1. The molecule has 8 heteroatoms. The van der Waals surface area contributed by atoms with Gasteiger partial charge in [0.15, 0.2) is 0 Å². The molecule has 0 radical (unpaired) electrons. The summed E-state index contributed by atoms with van der Waals surface area (Å²) in [6, 6.07) is 5.73. The van der Waals surface area contributed by atoms with Gasteiger partial charge in [0.1, 0.15) is 5.82 Å². The maximum Gasteiger partial charge on any atom is 0.217 e. The molecular weight excluding hydrogens is 331 g/mol. The highest BCUT2D eigenvalue weighted by molar-refractivity contribution is 7.89. The van der Waals surface area contributed by atoms with Crippen molar-refractivity contribution in [3.8, 4) is 0 Å². The van der Waals surface area contributed by atoms with Gasteiger partial charge in [0.05, 0.1) is 18.4 Å². The van der Waals surface area contributed by atoms with Gasteiger partial charge < -0.3 is 10.1 Å². The Bertz CT molecular complexity index is 571. The first kappa shape index (κ1) is 19.3. The van der Waals surface area contributed by atoms with Gasteiger partial charge in [0.2, 0.25) is 10.0 Å². The molecule has 0 bridgehead atoms. The Morgan fingerprint density at radius 3 is 2.91 bits per heavy atom. The molecule has 1 aromatic carbocycles. The second kappa shape index (κ2) is 8.79. The Morgan fingerprint density at radius 2 is 2.23 bits per heavy atom. The molecule has 1 aliphatic heterocycles. The molecule has 1 N–H and O–H groups in total. The van der Waals surface area contributed by atoms with Crippen LogP contribution in [0.4, 0.5) is 4.39 Å². The minimum atomic E-state index is -3.42. The molecule has 2 rings (SSSR count). The third-order valence-electron chi connectivity index (χ3n) is 3.47. The number of rotatable bonds is 6. The van der Waals surface area contributed by atoms with Gasteiger partial charge in [-0.3, -0.25) is 0 Å². The van der Waals surface area contributed by atoms with Crippen LogP contribution in [0.1, 0.15) is 18.5 Å². The molecule has 5 nitrogen and oxygen atoms in total. The SMILES string of the molecule is CCOCCS(=O)(=O)N1CCNCC1c1cccc(F)c1.Cl. The van der Waals surface area contributed by atoms with E-state index in [4.69, 9.17) is 4.74 Å². The van der Waals surface area contributed by atoms with Crippen LogP contribution >= 0.6 is 12.4 Å². The maximum atomic E-state index is 13.4. The van der Waals surface area contributed by atoms with Gasteiger partial charge in [-0.1, -0.05) is 12.1 Å². The van der Waals surface area contributed by atoms with Crippen molar-refractivity contribution in [2.75, 3.05) is 38.6 Å². The lowest BCUT2D eigenvalue weighted by Gasteiger charge is -2.35. The van der Waals surface area contributed by atoms with E-state index in [0.717, 1.165) is 0 Å². The van der Waals surface area contributed by atoms with Crippen molar-refractivity contribution in [2.24, 2.45) is 0 Å². The fraction of sp³-hybridized carbons (Fsp3) is 0.571. The molecule has 1 aliphatic rings. The molecular formula is C14H22ClFN2O3S. The Hall–Kier alpha value is -0.730.